The van der Waals surface area contributed by atoms with Crippen LogP contribution in [0.4, 0.5) is 0 Å². The first-order chi connectivity index (χ1) is 6.46. The van der Waals surface area contributed by atoms with Crippen molar-refractivity contribution >= 4 is 10.8 Å². The molecule has 0 saturated heterocycles. The molecule has 78 valence electrons. The van der Waals surface area contributed by atoms with Crippen LogP contribution < -0.4 is 23.6 Å². The van der Waals surface area contributed by atoms with E-state index in [9.17, 15) is 4.21 Å². The molecule has 0 aromatic heterocycles. The smallest absolute Gasteiger partial charge is 0.553 e. The molecule has 1 unspecified atom stereocenters. The molecule has 0 amide bonds. The fraction of sp³-hybridized carbons (Fsp3) is 0.455. The van der Waals surface area contributed by atoms with Crippen molar-refractivity contribution in [2.75, 3.05) is 7.11 Å². The molecule has 0 aliphatic heterocycles. The van der Waals surface area contributed by atoms with E-state index in [2.05, 4.69) is 6.07 Å². The Labute approximate surface area is 106 Å². The van der Waals surface area contributed by atoms with Gasteiger partial charge in [-0.05, 0) is 25.7 Å². The van der Waals surface area contributed by atoms with Gasteiger partial charge in [0.05, 0.1) is 7.11 Å². The third-order valence-electron chi connectivity index (χ3n) is 1.74. The Morgan fingerprint density at radius 2 is 2.00 bits per heavy atom. The van der Waals surface area contributed by atoms with Gasteiger partial charge in [-0.3, -0.25) is 4.21 Å². The molecular formula is C11H15LiO2S. The summed E-state index contributed by atoms with van der Waals surface area (Å²) in [5.41, 5.74) is 0. The van der Waals surface area contributed by atoms with Crippen molar-refractivity contribution in [3.63, 3.8) is 0 Å². The molecule has 0 spiro atoms. The van der Waals surface area contributed by atoms with Gasteiger partial charge in [-0.25, -0.2) is 0 Å². The monoisotopic (exact) mass is 218 g/mol. The number of methoxy groups -OCH3 is 1. The Morgan fingerprint density at radius 3 is 2.47 bits per heavy atom. The van der Waals surface area contributed by atoms with E-state index >= 15 is 0 Å². The van der Waals surface area contributed by atoms with Gasteiger partial charge in [-0.15, -0.1) is 6.07 Å². The maximum Gasteiger partial charge on any atom is 1.00 e. The quantitative estimate of drug-likeness (QED) is 0.490. The number of hydrogen-bond acceptors (Lipinski definition) is 2. The van der Waals surface area contributed by atoms with Crippen LogP contribution in [0.1, 0.15) is 20.8 Å². The normalized spacial score (nSPS) is 12.8. The molecule has 0 aliphatic rings. The van der Waals surface area contributed by atoms with Crippen LogP contribution in [0, 0.1) is 6.07 Å². The number of rotatable bonds is 2. The summed E-state index contributed by atoms with van der Waals surface area (Å²) in [4.78, 5) is 0.641. The Hall–Kier alpha value is -0.233. The first kappa shape index (κ1) is 14.8. The molecule has 0 fully saturated rings. The summed E-state index contributed by atoms with van der Waals surface area (Å²) in [5, 5.41) is 0. The van der Waals surface area contributed by atoms with E-state index in [1.807, 2.05) is 26.8 Å². The van der Waals surface area contributed by atoms with Crippen LogP contribution in [0.2, 0.25) is 0 Å². The van der Waals surface area contributed by atoms with Crippen LogP contribution in [0.15, 0.2) is 23.1 Å². The van der Waals surface area contributed by atoms with E-state index in [4.69, 9.17) is 4.74 Å². The van der Waals surface area contributed by atoms with E-state index in [0.717, 1.165) is 0 Å². The van der Waals surface area contributed by atoms with Gasteiger partial charge in [0.25, 0.3) is 0 Å². The molecule has 0 heterocycles. The molecule has 0 radical (unpaired) electrons. The van der Waals surface area contributed by atoms with Crippen molar-refractivity contribution in [3.8, 4) is 5.75 Å². The Morgan fingerprint density at radius 1 is 1.40 bits per heavy atom. The van der Waals surface area contributed by atoms with Gasteiger partial charge >= 0.3 is 18.9 Å². The van der Waals surface area contributed by atoms with Gasteiger partial charge in [-0.2, -0.15) is 18.2 Å². The van der Waals surface area contributed by atoms with Crippen molar-refractivity contribution in [1.82, 2.24) is 0 Å². The molecule has 0 bridgehead atoms. The minimum absolute atomic E-state index is 0. The summed E-state index contributed by atoms with van der Waals surface area (Å²) < 4.78 is 16.9. The average Bonchev–Trinajstić information content (AvgIpc) is 2.15. The first-order valence-electron chi connectivity index (χ1n) is 4.43. The summed E-state index contributed by atoms with van der Waals surface area (Å²) in [6.45, 7) is 5.80. The molecule has 15 heavy (non-hydrogen) atoms. The third-order valence-corrected chi connectivity index (χ3v) is 3.55. The topological polar surface area (TPSA) is 26.3 Å². The van der Waals surface area contributed by atoms with E-state index in [1.165, 1.54) is 0 Å². The predicted octanol–water partition coefficient (Wildman–Crippen LogP) is -0.595. The maximum atomic E-state index is 12.0. The molecule has 4 heteroatoms. The van der Waals surface area contributed by atoms with Crippen LogP contribution in [0.25, 0.3) is 0 Å². The summed E-state index contributed by atoms with van der Waals surface area (Å²) >= 11 is 0. The molecule has 0 aliphatic carbocycles. The number of benzene rings is 1. The third kappa shape index (κ3) is 3.68. The minimum Gasteiger partial charge on any atom is -0.553 e. The van der Waals surface area contributed by atoms with Crippen LogP contribution >= 0.6 is 0 Å². The second kappa shape index (κ2) is 5.74. The SMILES string of the molecule is COc1ccc[c-]c1S(=O)C(C)(C)C.[Li+]. The summed E-state index contributed by atoms with van der Waals surface area (Å²) in [7, 11) is 0.483. The Kier molecular flexibility index (Phi) is 5.65. The second-order valence-electron chi connectivity index (χ2n) is 3.95. The molecule has 2 nitrogen and oxygen atoms in total. The van der Waals surface area contributed by atoms with Crippen LogP contribution in [0.3, 0.4) is 0 Å². The maximum absolute atomic E-state index is 12.0. The second-order valence-corrected chi connectivity index (χ2v) is 6.12. The van der Waals surface area contributed by atoms with Gasteiger partial charge in [0.15, 0.2) is 0 Å². The Bertz CT molecular complexity index is 345. The first-order valence-corrected chi connectivity index (χ1v) is 5.58. The minimum atomic E-state index is -1.09. The molecule has 1 aromatic carbocycles. The Balaban J connectivity index is 0.00000196. The molecule has 0 N–H and O–H groups in total. The van der Waals surface area contributed by atoms with Gasteiger partial charge < -0.3 is 4.74 Å². The van der Waals surface area contributed by atoms with Crippen molar-refractivity contribution in [2.24, 2.45) is 0 Å². The van der Waals surface area contributed by atoms with Gasteiger partial charge in [0.2, 0.25) is 0 Å². The summed E-state index contributed by atoms with van der Waals surface area (Å²) in [5.74, 6) is 0.640. The van der Waals surface area contributed by atoms with Gasteiger partial charge in [0.1, 0.15) is 0 Å². The van der Waals surface area contributed by atoms with Crippen LogP contribution in [-0.2, 0) is 10.8 Å². The van der Waals surface area contributed by atoms with Gasteiger partial charge in [0, 0.05) is 21.3 Å². The molecule has 1 atom stereocenters. The standard InChI is InChI=1S/C11H15O2S.Li/c1-11(2,3)14(12)10-8-6-5-7-9(10)13-4;/h5-7H,1-4H3;/q-1;+1. The van der Waals surface area contributed by atoms with Crippen LogP contribution in [0.5, 0.6) is 5.75 Å². The largest absolute Gasteiger partial charge is 1.00 e. The predicted molar refractivity (Wildman–Crippen MR) is 58.0 cm³/mol. The van der Waals surface area contributed by atoms with Gasteiger partial charge in [-0.1, -0.05) is 0 Å². The van der Waals surface area contributed by atoms with E-state index in [-0.39, 0.29) is 23.6 Å². The molecule has 1 aromatic rings. The molecule has 0 saturated carbocycles. The summed E-state index contributed by atoms with van der Waals surface area (Å²) in [6, 6.07) is 8.34. The zero-order valence-electron chi connectivity index (χ0n) is 9.96. The van der Waals surface area contributed by atoms with E-state index < -0.39 is 10.8 Å². The molecular weight excluding hydrogens is 203 g/mol. The summed E-state index contributed by atoms with van der Waals surface area (Å²) in [6.07, 6.45) is 0. The fourth-order valence-electron chi connectivity index (χ4n) is 1.02. The van der Waals surface area contributed by atoms with Crippen molar-refractivity contribution in [1.29, 1.82) is 0 Å². The van der Waals surface area contributed by atoms with E-state index in [1.54, 1.807) is 19.2 Å². The van der Waals surface area contributed by atoms with Crippen molar-refractivity contribution < 1.29 is 27.8 Å². The van der Waals surface area contributed by atoms with E-state index in [0.29, 0.717) is 10.6 Å². The zero-order chi connectivity index (χ0) is 10.8. The zero-order valence-corrected chi connectivity index (χ0v) is 10.8. The van der Waals surface area contributed by atoms with Crippen LogP contribution in [-0.4, -0.2) is 16.1 Å². The number of ether oxygens (including phenoxy) is 1. The fourth-order valence-corrected chi connectivity index (χ4v) is 2.14. The van der Waals surface area contributed by atoms with Crippen molar-refractivity contribution in [3.05, 3.63) is 24.3 Å². The molecule has 1 rings (SSSR count). The number of hydrogen-bond donors (Lipinski definition) is 0. The average molecular weight is 218 g/mol. The van der Waals surface area contributed by atoms with Crippen molar-refractivity contribution in [2.45, 2.75) is 30.4 Å².